The standard InChI is InChI=1S/C11H10F3N3O4S/c12-11(13,14)22(18,19)21-10-5-8(7-16-9(10)6-15)17-1-3-20-4-2-17/h5,7H,1-4H2. The van der Waals surface area contributed by atoms with Crippen molar-refractivity contribution < 1.29 is 30.5 Å². The van der Waals surface area contributed by atoms with Crippen LogP contribution < -0.4 is 9.08 Å². The minimum absolute atomic E-state index is 0.342. The number of pyridine rings is 1. The fourth-order valence-corrected chi connectivity index (χ4v) is 2.20. The van der Waals surface area contributed by atoms with Gasteiger partial charge in [-0.3, -0.25) is 0 Å². The SMILES string of the molecule is N#Cc1ncc(N2CCOCC2)cc1OS(=O)(=O)C(F)(F)F. The van der Waals surface area contributed by atoms with Gasteiger partial charge >= 0.3 is 15.6 Å². The Hall–Kier alpha value is -2.06. The van der Waals surface area contributed by atoms with Crippen molar-refractivity contribution in [2.45, 2.75) is 5.51 Å². The third-order valence-corrected chi connectivity index (χ3v) is 3.77. The van der Waals surface area contributed by atoms with Gasteiger partial charge in [0, 0.05) is 19.2 Å². The van der Waals surface area contributed by atoms with E-state index in [4.69, 9.17) is 10.00 Å². The summed E-state index contributed by atoms with van der Waals surface area (Å²) in [6, 6.07) is 2.53. The summed E-state index contributed by atoms with van der Waals surface area (Å²) in [5, 5.41) is 8.82. The average Bonchev–Trinajstić information content (AvgIpc) is 2.46. The molecule has 11 heteroatoms. The Balaban J connectivity index is 2.35. The normalized spacial score (nSPS) is 16.2. The molecule has 0 radical (unpaired) electrons. The number of hydrogen-bond donors (Lipinski definition) is 0. The van der Waals surface area contributed by atoms with E-state index < -0.39 is 27.1 Å². The molecule has 1 aromatic heterocycles. The molecule has 0 bridgehead atoms. The lowest BCUT2D eigenvalue weighted by Gasteiger charge is -2.28. The Morgan fingerprint density at radius 1 is 1.36 bits per heavy atom. The first-order valence-corrected chi connectivity index (χ1v) is 7.39. The summed E-state index contributed by atoms with van der Waals surface area (Å²) in [5.41, 5.74) is -5.80. The minimum atomic E-state index is -5.87. The molecule has 1 aromatic rings. The smallest absolute Gasteiger partial charge is 0.378 e. The molecule has 1 saturated heterocycles. The number of anilines is 1. The third kappa shape index (κ3) is 3.40. The highest BCUT2D eigenvalue weighted by Crippen LogP contribution is 2.30. The highest BCUT2D eigenvalue weighted by Gasteiger charge is 2.49. The lowest BCUT2D eigenvalue weighted by Crippen LogP contribution is -2.36. The summed E-state index contributed by atoms with van der Waals surface area (Å²) in [6.45, 7) is 1.74. The molecule has 1 aliphatic rings. The maximum atomic E-state index is 12.4. The van der Waals surface area contributed by atoms with Crippen LogP contribution in [0.4, 0.5) is 18.9 Å². The Labute approximate surface area is 124 Å². The molecular weight excluding hydrogens is 327 g/mol. The van der Waals surface area contributed by atoms with E-state index in [0.29, 0.717) is 32.0 Å². The second-order valence-corrected chi connectivity index (χ2v) is 5.77. The summed E-state index contributed by atoms with van der Waals surface area (Å²) in [6.07, 6.45) is 1.26. The molecule has 7 nitrogen and oxygen atoms in total. The quantitative estimate of drug-likeness (QED) is 0.600. The molecular formula is C11H10F3N3O4S. The van der Waals surface area contributed by atoms with E-state index in [1.165, 1.54) is 12.3 Å². The molecule has 0 N–H and O–H groups in total. The zero-order chi connectivity index (χ0) is 16.4. The minimum Gasteiger partial charge on any atom is -0.378 e. The average molecular weight is 337 g/mol. The number of alkyl halides is 3. The van der Waals surface area contributed by atoms with Crippen molar-refractivity contribution in [2.24, 2.45) is 0 Å². The predicted molar refractivity (Wildman–Crippen MR) is 67.6 cm³/mol. The summed E-state index contributed by atoms with van der Waals surface area (Å²) in [4.78, 5) is 5.37. The first-order chi connectivity index (χ1) is 10.2. The van der Waals surface area contributed by atoms with Gasteiger partial charge in [-0.15, -0.1) is 0 Å². The number of aromatic nitrogens is 1. The maximum absolute atomic E-state index is 12.4. The van der Waals surface area contributed by atoms with Gasteiger partial charge in [-0.05, 0) is 0 Å². The van der Waals surface area contributed by atoms with Gasteiger partial charge in [0.25, 0.3) is 0 Å². The van der Waals surface area contributed by atoms with Gasteiger partial charge in [0.1, 0.15) is 6.07 Å². The van der Waals surface area contributed by atoms with Crippen molar-refractivity contribution in [1.82, 2.24) is 4.98 Å². The van der Waals surface area contributed by atoms with Crippen LogP contribution >= 0.6 is 0 Å². The topological polar surface area (TPSA) is 92.5 Å². The van der Waals surface area contributed by atoms with Crippen molar-refractivity contribution in [2.75, 3.05) is 31.2 Å². The molecule has 0 aromatic carbocycles. The van der Waals surface area contributed by atoms with Gasteiger partial charge < -0.3 is 13.8 Å². The van der Waals surface area contributed by atoms with Crippen molar-refractivity contribution in [1.29, 1.82) is 5.26 Å². The third-order valence-electron chi connectivity index (χ3n) is 2.80. The van der Waals surface area contributed by atoms with Crippen LogP contribution in [0.1, 0.15) is 5.69 Å². The highest BCUT2D eigenvalue weighted by atomic mass is 32.2. The molecule has 0 unspecified atom stereocenters. The molecule has 22 heavy (non-hydrogen) atoms. The molecule has 0 aliphatic carbocycles. The fraction of sp³-hybridized carbons (Fsp3) is 0.455. The summed E-state index contributed by atoms with van der Waals surface area (Å²) < 4.78 is 68.4. The number of halogens is 3. The number of morpholine rings is 1. The first kappa shape index (κ1) is 16.3. The van der Waals surface area contributed by atoms with Crippen LogP contribution in [0.25, 0.3) is 0 Å². The molecule has 2 rings (SSSR count). The largest absolute Gasteiger partial charge is 0.534 e. The van der Waals surface area contributed by atoms with E-state index >= 15 is 0 Å². The second-order valence-electron chi connectivity index (χ2n) is 4.23. The van der Waals surface area contributed by atoms with E-state index in [2.05, 4.69) is 9.17 Å². The summed E-state index contributed by atoms with van der Waals surface area (Å²) in [7, 11) is -5.87. The van der Waals surface area contributed by atoms with Crippen molar-refractivity contribution in [3.05, 3.63) is 18.0 Å². The van der Waals surface area contributed by atoms with Gasteiger partial charge in [0.05, 0.1) is 25.1 Å². The summed E-state index contributed by atoms with van der Waals surface area (Å²) >= 11 is 0. The van der Waals surface area contributed by atoms with Crippen molar-refractivity contribution >= 4 is 15.8 Å². The monoisotopic (exact) mass is 337 g/mol. The van der Waals surface area contributed by atoms with E-state index in [1.54, 1.807) is 4.90 Å². The van der Waals surface area contributed by atoms with Crippen molar-refractivity contribution in [3.8, 4) is 11.8 Å². The van der Waals surface area contributed by atoms with Crippen LogP contribution in [0.15, 0.2) is 12.3 Å². The number of nitrogens with zero attached hydrogens (tertiary/aromatic N) is 3. The van der Waals surface area contributed by atoms with Gasteiger partial charge in [-0.2, -0.15) is 26.9 Å². The lowest BCUT2D eigenvalue weighted by molar-refractivity contribution is -0.0500. The van der Waals surface area contributed by atoms with Gasteiger partial charge in [0.2, 0.25) is 0 Å². The molecule has 0 amide bonds. The number of ether oxygens (including phenoxy) is 1. The molecule has 0 saturated carbocycles. The fourth-order valence-electron chi connectivity index (χ4n) is 1.74. The molecule has 2 heterocycles. The highest BCUT2D eigenvalue weighted by molar-refractivity contribution is 7.88. The lowest BCUT2D eigenvalue weighted by atomic mass is 10.3. The second kappa shape index (κ2) is 5.98. The Bertz CT molecular complexity index is 694. The van der Waals surface area contributed by atoms with Crippen LogP contribution in [0.2, 0.25) is 0 Å². The summed E-state index contributed by atoms with van der Waals surface area (Å²) in [5.74, 6) is -0.760. The molecule has 0 spiro atoms. The number of rotatable bonds is 3. The van der Waals surface area contributed by atoms with E-state index in [0.717, 1.165) is 6.07 Å². The molecule has 0 atom stereocenters. The van der Waals surface area contributed by atoms with Gasteiger partial charge in [-0.1, -0.05) is 0 Å². The van der Waals surface area contributed by atoms with Crippen LogP contribution in [-0.2, 0) is 14.9 Å². The zero-order valence-electron chi connectivity index (χ0n) is 11.0. The van der Waals surface area contributed by atoms with Crippen LogP contribution in [-0.4, -0.2) is 45.2 Å². The van der Waals surface area contributed by atoms with Crippen LogP contribution in [0.3, 0.4) is 0 Å². The Morgan fingerprint density at radius 2 is 2.00 bits per heavy atom. The van der Waals surface area contributed by atoms with E-state index in [9.17, 15) is 21.6 Å². The van der Waals surface area contributed by atoms with Crippen LogP contribution in [0.5, 0.6) is 5.75 Å². The zero-order valence-corrected chi connectivity index (χ0v) is 11.8. The van der Waals surface area contributed by atoms with Gasteiger partial charge in [-0.25, -0.2) is 4.98 Å². The first-order valence-electron chi connectivity index (χ1n) is 5.98. The number of hydrogen-bond acceptors (Lipinski definition) is 7. The molecule has 120 valence electrons. The van der Waals surface area contributed by atoms with Crippen LogP contribution in [0, 0.1) is 11.3 Å². The van der Waals surface area contributed by atoms with Crippen molar-refractivity contribution in [3.63, 3.8) is 0 Å². The molecule has 1 fully saturated rings. The predicted octanol–water partition coefficient (Wildman–Crippen LogP) is 1.02. The Kier molecular flexibility index (Phi) is 4.43. The van der Waals surface area contributed by atoms with E-state index in [-0.39, 0.29) is 0 Å². The van der Waals surface area contributed by atoms with E-state index in [1.807, 2.05) is 0 Å². The number of nitriles is 1. The van der Waals surface area contributed by atoms with Gasteiger partial charge in [0.15, 0.2) is 11.4 Å². The molecule has 1 aliphatic heterocycles. The Morgan fingerprint density at radius 3 is 2.55 bits per heavy atom. The maximum Gasteiger partial charge on any atom is 0.534 e.